The van der Waals surface area contributed by atoms with E-state index < -0.39 is 29.6 Å². The highest BCUT2D eigenvalue weighted by molar-refractivity contribution is 6.34. The quantitative estimate of drug-likeness (QED) is 0.459. The number of aromatic hydroxyl groups is 1. The summed E-state index contributed by atoms with van der Waals surface area (Å²) in [6, 6.07) is 9.97. The highest BCUT2D eigenvalue weighted by atomic mass is 35.5. The number of phenolic OH excluding ortho intramolecular Hbond substituents is 1. The van der Waals surface area contributed by atoms with Gasteiger partial charge in [0.15, 0.2) is 0 Å². The number of hydrogen-bond acceptors (Lipinski definition) is 5. The molecule has 3 N–H and O–H groups in total. The minimum Gasteiger partial charge on any atom is -0.508 e. The van der Waals surface area contributed by atoms with Gasteiger partial charge < -0.3 is 25.4 Å². The van der Waals surface area contributed by atoms with E-state index in [0.29, 0.717) is 22.7 Å². The highest BCUT2D eigenvalue weighted by Gasteiger charge is 2.35. The maximum absolute atomic E-state index is 13.7. The van der Waals surface area contributed by atoms with Gasteiger partial charge in [0.1, 0.15) is 23.9 Å². The fourth-order valence-corrected chi connectivity index (χ4v) is 3.78. The number of para-hydroxylation sites is 1. The molecule has 0 aromatic heterocycles. The van der Waals surface area contributed by atoms with Crippen molar-refractivity contribution >= 4 is 35.2 Å². The molecule has 0 bridgehead atoms. The Bertz CT molecular complexity index is 1050. The van der Waals surface area contributed by atoms with Gasteiger partial charge in [0.25, 0.3) is 5.91 Å². The topological polar surface area (TPSA) is 108 Å². The first-order valence-electron chi connectivity index (χ1n) is 11.5. The van der Waals surface area contributed by atoms with Crippen molar-refractivity contribution in [3.63, 3.8) is 0 Å². The average Bonchev–Trinajstić information content (AvgIpc) is 2.76. The lowest BCUT2D eigenvalue weighted by Gasteiger charge is -2.36. The second-order valence-corrected chi connectivity index (χ2v) is 9.74. The van der Waals surface area contributed by atoms with E-state index in [2.05, 4.69) is 10.6 Å². The number of rotatable bonds is 8. The van der Waals surface area contributed by atoms with Crippen molar-refractivity contribution in [1.82, 2.24) is 10.2 Å². The lowest BCUT2D eigenvalue weighted by molar-refractivity contribution is -0.140. The number of benzene rings is 2. The molecule has 2 aromatic rings. The summed E-state index contributed by atoms with van der Waals surface area (Å²) in [5, 5.41) is 15.8. The van der Waals surface area contributed by atoms with Crippen LogP contribution in [0.3, 0.4) is 0 Å². The van der Waals surface area contributed by atoms with E-state index in [4.69, 9.17) is 16.3 Å². The van der Waals surface area contributed by atoms with Gasteiger partial charge in [-0.25, -0.2) is 4.79 Å². The van der Waals surface area contributed by atoms with Crippen LogP contribution in [0.25, 0.3) is 0 Å². The molecule has 2 rings (SSSR count). The molecule has 2 aromatic carbocycles. The van der Waals surface area contributed by atoms with Gasteiger partial charge in [-0.1, -0.05) is 42.8 Å². The van der Waals surface area contributed by atoms with Crippen LogP contribution >= 0.6 is 11.6 Å². The molecule has 2 unspecified atom stereocenters. The largest absolute Gasteiger partial charge is 0.508 e. The summed E-state index contributed by atoms with van der Waals surface area (Å²) in [5.41, 5.74) is 0.889. The summed E-state index contributed by atoms with van der Waals surface area (Å²) in [6.07, 6.45) is -0.189. The Balaban J connectivity index is 2.44. The Kier molecular flexibility index (Phi) is 9.54. The van der Waals surface area contributed by atoms with Gasteiger partial charge in [-0.3, -0.25) is 9.59 Å². The summed E-state index contributed by atoms with van der Waals surface area (Å²) >= 11 is 6.32. The summed E-state index contributed by atoms with van der Waals surface area (Å²) in [6.45, 7) is 10.3. The molecule has 9 heteroatoms. The van der Waals surface area contributed by atoms with Gasteiger partial charge in [0, 0.05) is 6.04 Å². The average molecular weight is 504 g/mol. The third-order valence-electron chi connectivity index (χ3n) is 5.32. The monoisotopic (exact) mass is 503 g/mol. The van der Waals surface area contributed by atoms with E-state index >= 15 is 0 Å². The number of alkyl carbamates (subject to hydrolysis) is 1. The number of phenols is 1. The van der Waals surface area contributed by atoms with Crippen molar-refractivity contribution in [2.45, 2.75) is 65.6 Å². The van der Waals surface area contributed by atoms with Crippen molar-refractivity contribution in [1.29, 1.82) is 0 Å². The van der Waals surface area contributed by atoms with E-state index in [9.17, 15) is 19.5 Å². The number of carbonyl (C=O) groups excluding carboxylic acids is 3. The molecular formula is C26H34ClN3O5. The fourth-order valence-electron chi connectivity index (χ4n) is 3.51. The van der Waals surface area contributed by atoms with Crippen molar-refractivity contribution in [2.24, 2.45) is 0 Å². The molecule has 0 radical (unpaired) electrons. The van der Waals surface area contributed by atoms with Crippen LogP contribution in [0.1, 0.15) is 58.2 Å². The normalized spacial score (nSPS) is 12.9. The van der Waals surface area contributed by atoms with Crippen LogP contribution in [-0.4, -0.2) is 46.1 Å². The van der Waals surface area contributed by atoms with Crippen LogP contribution in [0.5, 0.6) is 5.75 Å². The molecule has 3 amide bonds. The van der Waals surface area contributed by atoms with Crippen LogP contribution in [0.15, 0.2) is 42.5 Å². The molecule has 8 nitrogen and oxygen atoms in total. The molecule has 0 saturated carbocycles. The van der Waals surface area contributed by atoms with E-state index in [0.717, 1.165) is 5.56 Å². The van der Waals surface area contributed by atoms with Gasteiger partial charge >= 0.3 is 6.09 Å². The number of hydrogen-bond donors (Lipinski definition) is 3. The Morgan fingerprint density at radius 2 is 1.80 bits per heavy atom. The molecule has 0 spiro atoms. The number of amides is 3. The van der Waals surface area contributed by atoms with Crippen LogP contribution < -0.4 is 10.6 Å². The number of nitrogens with zero attached hydrogens (tertiary/aromatic N) is 1. The van der Waals surface area contributed by atoms with Crippen molar-refractivity contribution in [2.75, 3.05) is 11.9 Å². The molecule has 2 atom stereocenters. The Labute approximate surface area is 211 Å². The van der Waals surface area contributed by atoms with Crippen molar-refractivity contribution < 1.29 is 24.2 Å². The SMILES string of the molecule is CCC(C)N(C(=O)CNC(=O)OC(C)(C)C)C(C(=O)Nc1c(C)cccc1Cl)c1cccc(O)c1. The number of anilines is 1. The first-order chi connectivity index (χ1) is 16.3. The van der Waals surface area contributed by atoms with Crippen molar-refractivity contribution in [3.05, 3.63) is 58.6 Å². The number of nitrogens with one attached hydrogen (secondary N) is 2. The molecule has 0 aliphatic rings. The van der Waals surface area contributed by atoms with E-state index in [1.54, 1.807) is 45.0 Å². The second kappa shape index (κ2) is 11.9. The fraction of sp³-hybridized carbons (Fsp3) is 0.423. The number of ether oxygens (including phenoxy) is 1. The molecule has 0 fully saturated rings. The van der Waals surface area contributed by atoms with Crippen LogP contribution in [0.2, 0.25) is 5.02 Å². The summed E-state index contributed by atoms with van der Waals surface area (Å²) in [5.74, 6) is -1.03. The molecule has 35 heavy (non-hydrogen) atoms. The maximum atomic E-state index is 13.7. The predicted octanol–water partition coefficient (Wildman–Crippen LogP) is 5.19. The van der Waals surface area contributed by atoms with E-state index in [1.807, 2.05) is 26.8 Å². The molecule has 0 saturated heterocycles. The van der Waals surface area contributed by atoms with Crippen LogP contribution in [0.4, 0.5) is 10.5 Å². The smallest absolute Gasteiger partial charge is 0.408 e. The first kappa shape index (κ1) is 28.0. The molecule has 0 aliphatic carbocycles. The van der Waals surface area contributed by atoms with Gasteiger partial charge in [0.2, 0.25) is 5.91 Å². The second-order valence-electron chi connectivity index (χ2n) is 9.33. The number of halogens is 1. The standard InChI is InChI=1S/C26H34ClN3O5/c1-7-17(3)30(21(32)15-28-25(34)35-26(4,5)6)23(18-11-9-12-19(31)14-18)24(33)29-22-16(2)10-8-13-20(22)27/h8-14,17,23,31H,7,15H2,1-6H3,(H,28,34)(H,29,33). The number of carbonyl (C=O) groups is 3. The number of aryl methyl sites for hydroxylation is 1. The summed E-state index contributed by atoms with van der Waals surface area (Å²) < 4.78 is 5.22. The molecule has 0 heterocycles. The third kappa shape index (κ3) is 7.89. The highest BCUT2D eigenvalue weighted by Crippen LogP contribution is 2.31. The zero-order valence-electron chi connectivity index (χ0n) is 21.0. The van der Waals surface area contributed by atoms with Gasteiger partial charge in [-0.2, -0.15) is 0 Å². The lowest BCUT2D eigenvalue weighted by Crippen LogP contribution is -2.50. The van der Waals surface area contributed by atoms with Crippen molar-refractivity contribution in [3.8, 4) is 5.75 Å². The summed E-state index contributed by atoms with van der Waals surface area (Å²) in [4.78, 5) is 40.6. The molecule has 190 valence electrons. The van der Waals surface area contributed by atoms with Crippen LogP contribution in [-0.2, 0) is 14.3 Å². The Morgan fingerprint density at radius 1 is 1.14 bits per heavy atom. The van der Waals surface area contributed by atoms with Gasteiger partial charge in [-0.05, 0) is 70.4 Å². The molecular weight excluding hydrogens is 470 g/mol. The summed E-state index contributed by atoms with van der Waals surface area (Å²) in [7, 11) is 0. The first-order valence-corrected chi connectivity index (χ1v) is 11.8. The minimum absolute atomic E-state index is 0.0438. The van der Waals surface area contributed by atoms with E-state index in [1.165, 1.54) is 17.0 Å². The third-order valence-corrected chi connectivity index (χ3v) is 5.63. The Morgan fingerprint density at radius 3 is 2.37 bits per heavy atom. The van der Waals surface area contributed by atoms with Gasteiger partial charge in [0.05, 0.1) is 10.7 Å². The Hall–Kier alpha value is -3.26. The van der Waals surface area contributed by atoms with E-state index in [-0.39, 0.29) is 18.3 Å². The van der Waals surface area contributed by atoms with Gasteiger partial charge in [-0.15, -0.1) is 0 Å². The van der Waals surface area contributed by atoms with Crippen LogP contribution in [0, 0.1) is 6.92 Å². The zero-order valence-corrected chi connectivity index (χ0v) is 21.8. The lowest BCUT2D eigenvalue weighted by atomic mass is 10.0. The predicted molar refractivity (Wildman–Crippen MR) is 137 cm³/mol. The minimum atomic E-state index is -1.10. The zero-order chi connectivity index (χ0) is 26.3. The molecule has 0 aliphatic heterocycles. The maximum Gasteiger partial charge on any atom is 0.408 e.